The molecule has 0 atom stereocenters. The third kappa shape index (κ3) is 2.22. The van der Waals surface area contributed by atoms with Gasteiger partial charge < -0.3 is 4.57 Å². The summed E-state index contributed by atoms with van der Waals surface area (Å²) in [5, 5.41) is 0. The fourth-order valence-electron chi connectivity index (χ4n) is 1.05. The molecule has 2 rings (SSSR count). The third-order valence-electron chi connectivity index (χ3n) is 1.63. The van der Waals surface area contributed by atoms with Crippen molar-refractivity contribution < 1.29 is 24.0 Å². The molecule has 0 spiro atoms. The third-order valence-corrected chi connectivity index (χ3v) is 1.63. The first-order valence-corrected chi connectivity index (χ1v) is 3.78. The van der Waals surface area contributed by atoms with Crippen molar-refractivity contribution >= 4 is 0 Å². The average Bonchev–Trinajstić information content (AvgIpc) is 2.54. The van der Waals surface area contributed by atoms with Crippen molar-refractivity contribution in [2.24, 2.45) is 0 Å². The van der Waals surface area contributed by atoms with Gasteiger partial charge in [-0.05, 0) is 25.3 Å². The summed E-state index contributed by atoms with van der Waals surface area (Å²) in [6.07, 6.45) is 5.48. The van der Waals surface area contributed by atoms with Gasteiger partial charge in [0.15, 0.2) is 5.82 Å². The first-order chi connectivity index (χ1) is 5.86. The number of imidazole rings is 1. The summed E-state index contributed by atoms with van der Waals surface area (Å²) in [5.41, 5.74) is 1.00. The topological polar surface area (TPSA) is 29.7 Å². The minimum absolute atomic E-state index is 0. The Kier molecular flexibility index (Phi) is 3.32. The Hall–Kier alpha value is -1.02. The van der Waals surface area contributed by atoms with Crippen molar-refractivity contribution in [3.05, 3.63) is 42.6 Å². The molecule has 13 heavy (non-hydrogen) atoms. The molecule has 0 aliphatic carbocycles. The molecule has 0 aromatic carbocycles. The van der Waals surface area contributed by atoms with Crippen LogP contribution in [-0.4, -0.2) is 9.97 Å². The minimum atomic E-state index is 0. The SMILES string of the molecule is Cc1c[n+](-c2ccccn2)[cH-]n1.[Zn]. The largest absolute Gasteiger partial charge is 0.333 e. The Morgan fingerprint density at radius 3 is 2.77 bits per heavy atom. The van der Waals surface area contributed by atoms with Crippen molar-refractivity contribution in [3.8, 4) is 5.82 Å². The van der Waals surface area contributed by atoms with Crippen LogP contribution in [0.2, 0.25) is 0 Å². The van der Waals surface area contributed by atoms with Crippen LogP contribution < -0.4 is 4.57 Å². The van der Waals surface area contributed by atoms with Gasteiger partial charge in [0.1, 0.15) is 6.33 Å². The Bertz CT molecular complexity index is 369. The molecule has 0 aliphatic heterocycles. The van der Waals surface area contributed by atoms with Crippen molar-refractivity contribution in [1.29, 1.82) is 0 Å². The molecular formula is C9H9N3Zn. The summed E-state index contributed by atoms with van der Waals surface area (Å²) in [7, 11) is 0. The minimum Gasteiger partial charge on any atom is -0.333 e. The smallest absolute Gasteiger partial charge is 0.185 e. The van der Waals surface area contributed by atoms with Gasteiger partial charge in [-0.2, -0.15) is 4.98 Å². The van der Waals surface area contributed by atoms with Gasteiger partial charge in [-0.1, -0.05) is 6.07 Å². The van der Waals surface area contributed by atoms with Crippen molar-refractivity contribution in [2.45, 2.75) is 6.92 Å². The molecule has 0 unspecified atom stereocenters. The molecule has 0 N–H and O–H groups in total. The van der Waals surface area contributed by atoms with Gasteiger partial charge in [0.25, 0.3) is 0 Å². The second kappa shape index (κ2) is 4.29. The molecule has 2 heterocycles. The summed E-state index contributed by atoms with van der Waals surface area (Å²) in [5.74, 6) is 0.901. The monoisotopic (exact) mass is 223 g/mol. The molecule has 0 saturated carbocycles. The zero-order chi connectivity index (χ0) is 8.39. The van der Waals surface area contributed by atoms with Crippen LogP contribution in [-0.2, 0) is 19.5 Å². The number of aromatic nitrogens is 3. The van der Waals surface area contributed by atoms with Gasteiger partial charge in [0.05, 0.1) is 6.20 Å². The van der Waals surface area contributed by atoms with Gasteiger partial charge in [-0.3, -0.25) is 0 Å². The number of hydrogen-bond donors (Lipinski definition) is 0. The van der Waals surface area contributed by atoms with Crippen LogP contribution in [0.25, 0.3) is 5.82 Å². The van der Waals surface area contributed by atoms with Gasteiger partial charge in [0, 0.05) is 25.2 Å². The number of nitrogens with zero attached hydrogens (tertiary/aromatic N) is 3. The van der Waals surface area contributed by atoms with E-state index in [1.807, 2.05) is 35.9 Å². The second-order valence-electron chi connectivity index (χ2n) is 2.61. The van der Waals surface area contributed by atoms with E-state index < -0.39 is 0 Å². The van der Waals surface area contributed by atoms with Crippen LogP contribution in [0.1, 0.15) is 5.69 Å². The van der Waals surface area contributed by atoms with E-state index >= 15 is 0 Å². The van der Waals surface area contributed by atoms with E-state index in [0.717, 1.165) is 11.5 Å². The van der Waals surface area contributed by atoms with Crippen molar-refractivity contribution in [3.63, 3.8) is 0 Å². The van der Waals surface area contributed by atoms with Crippen molar-refractivity contribution in [1.82, 2.24) is 9.97 Å². The van der Waals surface area contributed by atoms with E-state index in [9.17, 15) is 0 Å². The van der Waals surface area contributed by atoms with E-state index in [2.05, 4.69) is 9.97 Å². The summed E-state index contributed by atoms with van der Waals surface area (Å²) in [4.78, 5) is 8.30. The standard InChI is InChI=1S/C9H9N3.Zn/c1-8-6-12(7-11-8)9-4-2-3-5-10-9;/h2-7H,1H3;. The molecule has 2 aromatic rings. The number of hydrogen-bond acceptors (Lipinski definition) is 2. The molecule has 0 saturated heterocycles. The Morgan fingerprint density at radius 2 is 2.23 bits per heavy atom. The maximum absolute atomic E-state index is 4.19. The quantitative estimate of drug-likeness (QED) is 0.407. The van der Waals surface area contributed by atoms with Crippen LogP contribution in [0.4, 0.5) is 0 Å². The Labute approximate surface area is 89.6 Å². The zero-order valence-electron chi connectivity index (χ0n) is 7.51. The predicted octanol–water partition coefficient (Wildman–Crippen LogP) is 0.778. The summed E-state index contributed by atoms with van der Waals surface area (Å²) < 4.78 is 1.90. The normalized spacial score (nSPS) is 9.31. The van der Waals surface area contributed by atoms with E-state index in [1.54, 1.807) is 12.5 Å². The van der Waals surface area contributed by atoms with Gasteiger partial charge in [-0.15, -0.1) is 0 Å². The molecule has 0 radical (unpaired) electrons. The maximum atomic E-state index is 4.19. The van der Waals surface area contributed by atoms with E-state index in [4.69, 9.17) is 0 Å². The number of pyridine rings is 1. The summed E-state index contributed by atoms with van der Waals surface area (Å²) >= 11 is 0. The predicted molar refractivity (Wildman–Crippen MR) is 43.9 cm³/mol. The molecule has 4 heteroatoms. The van der Waals surface area contributed by atoms with Crippen LogP contribution >= 0.6 is 0 Å². The fraction of sp³-hybridized carbons (Fsp3) is 0.111. The second-order valence-corrected chi connectivity index (χ2v) is 2.61. The number of aryl methyl sites for hydroxylation is 1. The summed E-state index contributed by atoms with van der Waals surface area (Å²) in [6, 6.07) is 5.80. The van der Waals surface area contributed by atoms with Crippen LogP contribution in [0, 0.1) is 6.92 Å². The maximum Gasteiger partial charge on any atom is 0.185 e. The first kappa shape index (κ1) is 10.1. The van der Waals surface area contributed by atoms with E-state index in [1.165, 1.54) is 0 Å². The molecule has 0 amide bonds. The molecule has 0 aliphatic rings. The Balaban J connectivity index is 0.000000845. The van der Waals surface area contributed by atoms with Gasteiger partial charge in [-0.25, -0.2) is 4.98 Å². The van der Waals surface area contributed by atoms with E-state index in [-0.39, 0.29) is 19.5 Å². The first-order valence-electron chi connectivity index (χ1n) is 3.78. The van der Waals surface area contributed by atoms with Crippen LogP contribution in [0.3, 0.4) is 0 Å². The molecule has 0 bridgehead atoms. The number of rotatable bonds is 1. The molecule has 62 valence electrons. The van der Waals surface area contributed by atoms with Gasteiger partial charge >= 0.3 is 0 Å². The van der Waals surface area contributed by atoms with E-state index in [0.29, 0.717) is 0 Å². The zero-order valence-corrected chi connectivity index (χ0v) is 10.5. The molecule has 3 nitrogen and oxygen atoms in total. The van der Waals surface area contributed by atoms with Crippen LogP contribution in [0.15, 0.2) is 36.9 Å². The molecule has 2 aromatic heterocycles. The summed E-state index contributed by atoms with van der Waals surface area (Å²) in [6.45, 7) is 1.96. The van der Waals surface area contributed by atoms with Crippen molar-refractivity contribution in [2.75, 3.05) is 0 Å². The Morgan fingerprint density at radius 1 is 1.38 bits per heavy atom. The molecule has 0 fully saturated rings. The molecular weight excluding hydrogens is 216 g/mol. The fourth-order valence-corrected chi connectivity index (χ4v) is 1.05. The van der Waals surface area contributed by atoms with Gasteiger partial charge in [0.2, 0.25) is 0 Å². The average molecular weight is 225 g/mol. The van der Waals surface area contributed by atoms with Crippen LogP contribution in [0.5, 0.6) is 0 Å².